The Bertz CT molecular complexity index is 667. The van der Waals surface area contributed by atoms with E-state index in [0.717, 1.165) is 5.56 Å². The molecule has 0 aliphatic carbocycles. The predicted molar refractivity (Wildman–Crippen MR) is 70.5 cm³/mol. The Labute approximate surface area is 115 Å². The quantitative estimate of drug-likeness (QED) is 0.804. The number of nitrogens with zero attached hydrogens (tertiary/aromatic N) is 4. The highest BCUT2D eigenvalue weighted by molar-refractivity contribution is 8.13. The molecule has 0 N–H and O–H groups in total. The van der Waals surface area contributed by atoms with Crippen LogP contribution < -0.4 is 0 Å². The van der Waals surface area contributed by atoms with Gasteiger partial charge in [-0.05, 0) is 25.5 Å². The number of hydrogen-bond acceptors (Lipinski definition) is 5. The molecule has 0 radical (unpaired) electrons. The van der Waals surface area contributed by atoms with Crippen molar-refractivity contribution < 1.29 is 8.42 Å². The molecule has 0 unspecified atom stereocenters. The minimum Gasteiger partial charge on any atom is -0.298 e. The van der Waals surface area contributed by atoms with Gasteiger partial charge in [0.05, 0.1) is 0 Å². The average Bonchev–Trinajstić information content (AvgIpc) is 2.74. The number of aromatic nitrogens is 4. The fourth-order valence-corrected chi connectivity index (χ4v) is 2.80. The molecule has 0 saturated carbocycles. The Morgan fingerprint density at radius 1 is 1.37 bits per heavy atom. The topological polar surface area (TPSA) is 77.7 Å². The summed E-state index contributed by atoms with van der Waals surface area (Å²) in [5.74, 6) is 0.544. The summed E-state index contributed by atoms with van der Waals surface area (Å²) in [7, 11) is 1.46. The largest absolute Gasteiger partial charge is 0.298 e. The van der Waals surface area contributed by atoms with Crippen molar-refractivity contribution in [1.29, 1.82) is 0 Å². The minimum absolute atomic E-state index is 0.106. The second kappa shape index (κ2) is 5.26. The average molecular weight is 301 g/mol. The van der Waals surface area contributed by atoms with Gasteiger partial charge in [-0.3, -0.25) is 9.55 Å². The zero-order chi connectivity index (χ0) is 14.0. The van der Waals surface area contributed by atoms with Crippen LogP contribution in [0.5, 0.6) is 0 Å². The summed E-state index contributed by atoms with van der Waals surface area (Å²) < 4.78 is 24.4. The van der Waals surface area contributed by atoms with Crippen LogP contribution in [0, 0.1) is 0 Å². The van der Waals surface area contributed by atoms with E-state index >= 15 is 0 Å². The van der Waals surface area contributed by atoms with Gasteiger partial charge in [0, 0.05) is 35.5 Å². The monoisotopic (exact) mass is 300 g/mol. The minimum atomic E-state index is -3.90. The molecule has 2 aromatic heterocycles. The maximum Gasteiger partial charge on any atom is 0.296 e. The van der Waals surface area contributed by atoms with Crippen molar-refractivity contribution in [2.45, 2.75) is 31.5 Å². The lowest BCUT2D eigenvalue weighted by atomic mass is 10.2. The standard InChI is InChI=1S/C11H13ClN4O2S/c1-8(2)16-10(6-9-4-3-5-13-7-9)14-15-11(16)19(12,17)18/h3-5,7-8H,6H2,1-2H3. The van der Waals surface area contributed by atoms with E-state index in [9.17, 15) is 8.42 Å². The summed E-state index contributed by atoms with van der Waals surface area (Å²) in [6.07, 6.45) is 3.82. The molecule has 0 amide bonds. The van der Waals surface area contributed by atoms with Crippen molar-refractivity contribution in [3.05, 3.63) is 35.9 Å². The Morgan fingerprint density at radius 2 is 2.11 bits per heavy atom. The van der Waals surface area contributed by atoms with E-state index in [1.54, 1.807) is 12.4 Å². The van der Waals surface area contributed by atoms with Crippen molar-refractivity contribution in [3.8, 4) is 0 Å². The van der Waals surface area contributed by atoms with Crippen LogP contribution in [0.3, 0.4) is 0 Å². The van der Waals surface area contributed by atoms with E-state index < -0.39 is 9.05 Å². The molecule has 2 aromatic rings. The van der Waals surface area contributed by atoms with Gasteiger partial charge in [-0.1, -0.05) is 6.07 Å². The first kappa shape index (κ1) is 14.0. The third-order valence-corrected chi connectivity index (χ3v) is 3.68. The third-order valence-electron chi connectivity index (χ3n) is 2.55. The summed E-state index contributed by atoms with van der Waals surface area (Å²) in [5, 5.41) is 7.38. The summed E-state index contributed by atoms with van der Waals surface area (Å²) in [6, 6.07) is 3.59. The first-order chi connectivity index (χ1) is 8.89. The van der Waals surface area contributed by atoms with Crippen molar-refractivity contribution in [2.24, 2.45) is 0 Å². The smallest absolute Gasteiger partial charge is 0.296 e. The van der Waals surface area contributed by atoms with E-state index in [4.69, 9.17) is 10.7 Å². The number of pyridine rings is 1. The molecular formula is C11H13ClN4O2S. The van der Waals surface area contributed by atoms with Crippen LogP contribution in [-0.2, 0) is 15.5 Å². The Morgan fingerprint density at radius 3 is 2.63 bits per heavy atom. The number of hydrogen-bond donors (Lipinski definition) is 0. The van der Waals surface area contributed by atoms with Gasteiger partial charge in [0.25, 0.3) is 14.2 Å². The van der Waals surface area contributed by atoms with E-state index in [2.05, 4.69) is 15.2 Å². The molecule has 0 aromatic carbocycles. The van der Waals surface area contributed by atoms with Crippen LogP contribution in [0.25, 0.3) is 0 Å². The zero-order valence-corrected chi connectivity index (χ0v) is 12.1. The summed E-state index contributed by atoms with van der Waals surface area (Å²) in [4.78, 5) is 4.01. The molecule has 19 heavy (non-hydrogen) atoms. The summed E-state index contributed by atoms with van der Waals surface area (Å²) >= 11 is 0. The van der Waals surface area contributed by atoms with Crippen molar-refractivity contribution >= 4 is 19.7 Å². The van der Waals surface area contributed by atoms with E-state index in [0.29, 0.717) is 12.2 Å². The molecule has 0 aliphatic heterocycles. The molecule has 0 saturated heterocycles. The lowest BCUT2D eigenvalue weighted by Gasteiger charge is -2.12. The van der Waals surface area contributed by atoms with Gasteiger partial charge in [0.1, 0.15) is 5.82 Å². The fourth-order valence-electron chi connectivity index (χ4n) is 1.80. The fraction of sp³-hybridized carbons (Fsp3) is 0.364. The Balaban J connectivity index is 2.45. The second-order valence-corrected chi connectivity index (χ2v) is 6.80. The SMILES string of the molecule is CC(C)n1c(Cc2cccnc2)nnc1S(=O)(=O)Cl. The number of rotatable bonds is 4. The molecule has 6 nitrogen and oxygen atoms in total. The van der Waals surface area contributed by atoms with Gasteiger partial charge in [-0.2, -0.15) is 0 Å². The second-order valence-electron chi connectivity index (χ2n) is 4.34. The van der Waals surface area contributed by atoms with Crippen LogP contribution in [0.15, 0.2) is 29.7 Å². The van der Waals surface area contributed by atoms with Crippen LogP contribution in [0.4, 0.5) is 0 Å². The molecule has 0 spiro atoms. The van der Waals surface area contributed by atoms with Gasteiger partial charge in [0.2, 0.25) is 0 Å². The van der Waals surface area contributed by atoms with Crippen molar-refractivity contribution in [2.75, 3.05) is 0 Å². The molecule has 0 atom stereocenters. The van der Waals surface area contributed by atoms with Gasteiger partial charge < -0.3 is 0 Å². The van der Waals surface area contributed by atoms with Crippen LogP contribution in [0.2, 0.25) is 0 Å². The maximum absolute atomic E-state index is 11.5. The summed E-state index contributed by atoms with van der Waals surface area (Å²) in [5.41, 5.74) is 0.926. The Kier molecular flexibility index (Phi) is 3.86. The maximum atomic E-state index is 11.5. The summed E-state index contributed by atoms with van der Waals surface area (Å²) in [6.45, 7) is 3.70. The highest BCUT2D eigenvalue weighted by Crippen LogP contribution is 2.20. The van der Waals surface area contributed by atoms with Crippen LogP contribution >= 0.6 is 10.7 Å². The molecular weight excluding hydrogens is 288 g/mol. The van der Waals surface area contributed by atoms with Crippen molar-refractivity contribution in [1.82, 2.24) is 19.7 Å². The van der Waals surface area contributed by atoms with Gasteiger partial charge in [0.15, 0.2) is 0 Å². The first-order valence-electron chi connectivity index (χ1n) is 5.67. The van der Waals surface area contributed by atoms with Gasteiger partial charge >= 0.3 is 0 Å². The predicted octanol–water partition coefficient (Wildman–Crippen LogP) is 1.77. The van der Waals surface area contributed by atoms with E-state index in [-0.39, 0.29) is 11.2 Å². The molecule has 0 fully saturated rings. The normalized spacial score (nSPS) is 12.0. The van der Waals surface area contributed by atoms with Gasteiger partial charge in [-0.15, -0.1) is 10.2 Å². The van der Waals surface area contributed by atoms with Crippen LogP contribution in [0.1, 0.15) is 31.3 Å². The van der Waals surface area contributed by atoms with Crippen LogP contribution in [-0.4, -0.2) is 28.2 Å². The zero-order valence-electron chi connectivity index (χ0n) is 10.5. The molecule has 8 heteroatoms. The molecule has 102 valence electrons. The molecule has 0 aliphatic rings. The van der Waals surface area contributed by atoms with Crippen molar-refractivity contribution in [3.63, 3.8) is 0 Å². The molecule has 2 heterocycles. The van der Waals surface area contributed by atoms with E-state index in [1.165, 1.54) is 4.57 Å². The third kappa shape index (κ3) is 3.10. The highest BCUT2D eigenvalue weighted by atomic mass is 35.7. The van der Waals surface area contributed by atoms with E-state index in [1.807, 2.05) is 26.0 Å². The lowest BCUT2D eigenvalue weighted by Crippen LogP contribution is -2.12. The number of halogens is 1. The Hall–Kier alpha value is -1.47. The highest BCUT2D eigenvalue weighted by Gasteiger charge is 2.24. The van der Waals surface area contributed by atoms with Gasteiger partial charge in [-0.25, -0.2) is 8.42 Å². The first-order valence-corrected chi connectivity index (χ1v) is 7.98. The molecule has 0 bridgehead atoms. The molecule has 2 rings (SSSR count). The lowest BCUT2D eigenvalue weighted by molar-refractivity contribution is 0.512.